The van der Waals surface area contributed by atoms with Crippen LogP contribution >= 0.6 is 0 Å². The first-order valence-electron chi connectivity index (χ1n) is 13.2. The second-order valence-corrected chi connectivity index (χ2v) is 13.2. The van der Waals surface area contributed by atoms with Crippen LogP contribution in [0.2, 0.25) is 0 Å². The minimum absolute atomic E-state index is 0.0435. The third kappa shape index (κ3) is 3.63. The van der Waals surface area contributed by atoms with E-state index >= 15 is 0 Å². The predicted octanol–water partition coefficient (Wildman–Crippen LogP) is 0.938. The second kappa shape index (κ2) is 8.35. The van der Waals surface area contributed by atoms with Crippen LogP contribution in [0.3, 0.4) is 0 Å². The smallest absolute Gasteiger partial charge is 0.186 e. The Labute approximate surface area is 202 Å². The lowest BCUT2D eigenvalue weighted by molar-refractivity contribution is -0.323. The largest absolute Gasteiger partial charge is 0.396 e. The molecule has 13 atom stereocenters. The highest BCUT2D eigenvalue weighted by Gasteiger charge is 2.67. The van der Waals surface area contributed by atoms with Crippen molar-refractivity contribution in [1.82, 2.24) is 0 Å². The van der Waals surface area contributed by atoms with Crippen molar-refractivity contribution in [2.45, 2.75) is 115 Å². The molecule has 5 aliphatic rings. The van der Waals surface area contributed by atoms with Crippen LogP contribution in [-0.4, -0.2) is 86.3 Å². The number of rotatable bonds is 4. The maximum Gasteiger partial charge on any atom is 0.186 e. The first-order valence-corrected chi connectivity index (χ1v) is 13.2. The fourth-order valence-corrected chi connectivity index (χ4v) is 9.69. The van der Waals surface area contributed by atoms with Crippen molar-refractivity contribution in [3.05, 3.63) is 0 Å². The molecule has 0 aromatic heterocycles. The summed E-state index contributed by atoms with van der Waals surface area (Å²) in [6, 6.07) is 0. The predicted molar refractivity (Wildman–Crippen MR) is 122 cm³/mol. The number of ether oxygens (including phenoxy) is 2. The van der Waals surface area contributed by atoms with Crippen molar-refractivity contribution in [2.24, 2.45) is 34.0 Å². The Bertz CT molecular complexity index is 774. The second-order valence-electron chi connectivity index (χ2n) is 13.2. The topological polar surface area (TPSA) is 140 Å². The van der Waals surface area contributed by atoms with Crippen molar-refractivity contribution in [3.63, 3.8) is 0 Å². The third-order valence-corrected chi connectivity index (χ3v) is 11.0. The highest BCUT2D eigenvalue weighted by atomic mass is 16.7. The average Bonchev–Trinajstić information content (AvgIpc) is 2.96. The van der Waals surface area contributed by atoms with E-state index in [0.29, 0.717) is 24.2 Å². The van der Waals surface area contributed by atoms with Crippen molar-refractivity contribution < 1.29 is 40.1 Å². The number of hydrogen-bond acceptors (Lipinski definition) is 8. The van der Waals surface area contributed by atoms with E-state index in [4.69, 9.17) is 9.47 Å². The number of aliphatic hydroxyl groups excluding tert-OH is 5. The molecule has 0 aromatic carbocycles. The van der Waals surface area contributed by atoms with Gasteiger partial charge in [0.2, 0.25) is 0 Å². The Morgan fingerprint density at radius 1 is 0.882 bits per heavy atom. The van der Waals surface area contributed by atoms with Gasteiger partial charge in [0, 0.05) is 6.61 Å². The summed E-state index contributed by atoms with van der Waals surface area (Å²) in [5, 5.41) is 62.2. The molecule has 0 unspecified atom stereocenters. The van der Waals surface area contributed by atoms with Crippen LogP contribution in [0.4, 0.5) is 0 Å². The molecule has 4 saturated carbocycles. The van der Waals surface area contributed by atoms with Crippen LogP contribution in [0.1, 0.15) is 72.1 Å². The fraction of sp³-hybridized carbons (Fsp3) is 1.00. The minimum Gasteiger partial charge on any atom is -0.396 e. The van der Waals surface area contributed by atoms with E-state index in [0.717, 1.165) is 44.9 Å². The Morgan fingerprint density at radius 3 is 2.29 bits per heavy atom. The molecule has 0 amide bonds. The molecule has 4 aliphatic carbocycles. The van der Waals surface area contributed by atoms with Crippen LogP contribution in [0.25, 0.3) is 0 Å². The van der Waals surface area contributed by atoms with Gasteiger partial charge >= 0.3 is 0 Å². The molecule has 1 spiro atoms. The summed E-state index contributed by atoms with van der Waals surface area (Å²) < 4.78 is 11.9. The highest BCUT2D eigenvalue weighted by molar-refractivity contribution is 5.17. The van der Waals surface area contributed by atoms with E-state index in [-0.39, 0.29) is 29.0 Å². The fourth-order valence-electron chi connectivity index (χ4n) is 9.69. The summed E-state index contributed by atoms with van der Waals surface area (Å²) in [4.78, 5) is 0. The van der Waals surface area contributed by atoms with E-state index in [2.05, 4.69) is 13.8 Å². The molecule has 2 bridgehead atoms. The average molecular weight is 485 g/mol. The van der Waals surface area contributed by atoms with Crippen molar-refractivity contribution in [1.29, 1.82) is 0 Å². The van der Waals surface area contributed by atoms with E-state index in [9.17, 15) is 30.6 Å². The molecular weight excluding hydrogens is 440 g/mol. The summed E-state index contributed by atoms with van der Waals surface area (Å²) >= 11 is 0. The van der Waals surface area contributed by atoms with Gasteiger partial charge in [-0.3, -0.25) is 0 Å². The SMILES string of the molecule is C[C@@]1(CO)C[C@@H](O[C@@H]2O[C@H](CO)[C@@H](O)[C@@H](O)[C@H]2O)C[C@@]2(C)[C@H]1CC[C@]13C[C@@H](CC[C@@H]12)[C@@](C)(O)C3. The van der Waals surface area contributed by atoms with Gasteiger partial charge in [0.25, 0.3) is 0 Å². The lowest BCUT2D eigenvalue weighted by Gasteiger charge is -2.65. The minimum atomic E-state index is -1.47. The standard InChI is InChI=1S/C26H44O8/c1-23(13-28)9-15(33-22-21(31)20(30)19(29)16(11-27)34-22)10-24(2)17(23)6-7-26-8-14(4-5-18(24)26)25(3,32)12-26/h14-22,27-32H,4-13H2,1-3H3/t14-,15-,16-,17+,18-,19-,20-,21-,22-,23+,24+,25+,26-/m1/s1. The van der Waals surface area contributed by atoms with Crippen LogP contribution in [0.5, 0.6) is 0 Å². The Kier molecular flexibility index (Phi) is 6.22. The van der Waals surface area contributed by atoms with E-state index in [1.807, 2.05) is 6.92 Å². The van der Waals surface area contributed by atoms with Gasteiger partial charge < -0.3 is 40.1 Å². The van der Waals surface area contributed by atoms with Crippen molar-refractivity contribution in [2.75, 3.05) is 13.2 Å². The molecule has 5 rings (SSSR count). The van der Waals surface area contributed by atoms with Gasteiger partial charge in [-0.05, 0) is 92.3 Å². The van der Waals surface area contributed by atoms with E-state index in [1.54, 1.807) is 0 Å². The maximum absolute atomic E-state index is 11.1. The third-order valence-electron chi connectivity index (χ3n) is 11.0. The zero-order valence-electron chi connectivity index (χ0n) is 20.8. The molecule has 0 radical (unpaired) electrons. The molecule has 8 nitrogen and oxygen atoms in total. The van der Waals surface area contributed by atoms with Gasteiger partial charge in [0.05, 0.1) is 18.3 Å². The van der Waals surface area contributed by atoms with Crippen LogP contribution in [0.15, 0.2) is 0 Å². The summed E-state index contributed by atoms with van der Waals surface area (Å²) in [6.07, 6.45) is 0.692. The Balaban J connectivity index is 1.42. The molecule has 0 aromatic rings. The molecule has 6 N–H and O–H groups in total. The van der Waals surface area contributed by atoms with E-state index < -0.39 is 42.9 Å². The number of fused-ring (bicyclic) bond motifs is 3. The normalized spacial score (nSPS) is 59.4. The molecule has 1 heterocycles. The number of aliphatic hydroxyl groups is 6. The molecule has 8 heteroatoms. The van der Waals surface area contributed by atoms with Gasteiger partial charge in [-0.25, -0.2) is 0 Å². The lowest BCUT2D eigenvalue weighted by Crippen LogP contribution is -2.62. The molecule has 196 valence electrons. The lowest BCUT2D eigenvalue weighted by atomic mass is 9.40. The van der Waals surface area contributed by atoms with Gasteiger partial charge in [-0.1, -0.05) is 13.8 Å². The first kappa shape index (κ1) is 25.3. The molecule has 1 aliphatic heterocycles. The maximum atomic E-state index is 11.1. The Hall–Kier alpha value is -0.320. The van der Waals surface area contributed by atoms with E-state index in [1.165, 1.54) is 0 Å². The van der Waals surface area contributed by atoms with Gasteiger partial charge in [-0.15, -0.1) is 0 Å². The quantitative estimate of drug-likeness (QED) is 0.324. The monoisotopic (exact) mass is 484 g/mol. The van der Waals surface area contributed by atoms with Gasteiger partial charge in [0.15, 0.2) is 6.29 Å². The highest BCUT2D eigenvalue weighted by Crippen LogP contribution is 2.73. The zero-order valence-corrected chi connectivity index (χ0v) is 20.8. The summed E-state index contributed by atoms with van der Waals surface area (Å²) in [5.41, 5.74) is -0.943. The number of hydrogen-bond donors (Lipinski definition) is 6. The Morgan fingerprint density at radius 2 is 1.62 bits per heavy atom. The molecular formula is C26H44O8. The summed E-state index contributed by atoms with van der Waals surface area (Å²) in [5.74, 6) is 1.12. The van der Waals surface area contributed by atoms with Crippen LogP contribution in [-0.2, 0) is 9.47 Å². The first-order chi connectivity index (χ1) is 15.9. The van der Waals surface area contributed by atoms with Crippen molar-refractivity contribution in [3.8, 4) is 0 Å². The zero-order chi connectivity index (χ0) is 24.7. The molecule has 34 heavy (non-hydrogen) atoms. The van der Waals surface area contributed by atoms with Gasteiger partial charge in [0.1, 0.15) is 24.4 Å². The summed E-state index contributed by atoms with van der Waals surface area (Å²) in [6.45, 7) is 6.03. The molecule has 1 saturated heterocycles. The van der Waals surface area contributed by atoms with Gasteiger partial charge in [-0.2, -0.15) is 0 Å². The van der Waals surface area contributed by atoms with Crippen LogP contribution in [0, 0.1) is 34.0 Å². The van der Waals surface area contributed by atoms with Crippen molar-refractivity contribution >= 4 is 0 Å². The molecule has 5 fully saturated rings. The van der Waals surface area contributed by atoms with Crippen LogP contribution < -0.4 is 0 Å². The summed E-state index contributed by atoms with van der Waals surface area (Å²) in [7, 11) is 0.